The molecule has 5 heteroatoms. The summed E-state index contributed by atoms with van der Waals surface area (Å²) in [7, 11) is -3.94. The van der Waals surface area contributed by atoms with Gasteiger partial charge in [0.15, 0.2) is 0 Å². The molecule has 122 valence electrons. The summed E-state index contributed by atoms with van der Waals surface area (Å²) in [6.45, 7) is 9.04. The molecule has 0 rings (SSSR count). The first kappa shape index (κ1) is 31.2. The normalized spacial score (nSPS) is 12.5. The fourth-order valence-corrected chi connectivity index (χ4v) is 2.40. The van der Waals surface area contributed by atoms with Crippen molar-refractivity contribution in [1.29, 1.82) is 0 Å². The van der Waals surface area contributed by atoms with Gasteiger partial charge in [0.1, 0.15) is 0 Å². The molecule has 0 saturated carbocycles. The summed E-state index contributed by atoms with van der Waals surface area (Å²) in [5, 5.41) is 0. The molecule has 0 fully saturated rings. The van der Waals surface area contributed by atoms with Crippen molar-refractivity contribution in [2.24, 2.45) is 0 Å². The van der Waals surface area contributed by atoms with Crippen molar-refractivity contribution in [3.8, 4) is 0 Å². The number of hydrogen-bond acceptors (Lipinski definition) is 2. The van der Waals surface area contributed by atoms with Gasteiger partial charge in [-0.25, -0.2) is 0 Å². The van der Waals surface area contributed by atoms with E-state index >= 15 is 0 Å². The molecule has 4 nitrogen and oxygen atoms in total. The summed E-state index contributed by atoms with van der Waals surface area (Å²) < 4.78 is 16.3. The van der Waals surface area contributed by atoms with Gasteiger partial charge in [-0.2, -0.15) is 0 Å². The molecule has 0 aromatic carbocycles. The van der Waals surface area contributed by atoms with E-state index in [1.165, 1.54) is 0 Å². The highest BCUT2D eigenvalue weighted by molar-refractivity contribution is 7.52. The van der Waals surface area contributed by atoms with E-state index in [0.717, 1.165) is 0 Å². The molecular weight excluding hydrogens is 263 g/mol. The van der Waals surface area contributed by atoms with Gasteiger partial charge in [0.2, 0.25) is 0 Å². The topological polar surface area (TPSA) is 66.8 Å². The van der Waals surface area contributed by atoms with Crippen molar-refractivity contribution in [3.05, 3.63) is 12.3 Å². The van der Waals surface area contributed by atoms with Gasteiger partial charge in [0.05, 0.1) is 17.5 Å². The van der Waals surface area contributed by atoms with Crippen molar-refractivity contribution < 1.29 is 19.1 Å². The number of rotatable bonds is 7. The zero-order valence-electron chi connectivity index (χ0n) is 9.64. The third kappa shape index (κ3) is 15.6. The Morgan fingerprint density at radius 1 is 1.21 bits per heavy atom. The lowest BCUT2D eigenvalue weighted by molar-refractivity contribution is 0.123. The largest absolute Gasteiger partial charge is 0.496 e. The first-order valence-electron chi connectivity index (χ1n) is 5.14. The quantitative estimate of drug-likeness (QED) is 0.500. The molecule has 2 unspecified atom stereocenters. The Bertz CT molecular complexity index is 248. The van der Waals surface area contributed by atoms with Crippen LogP contribution in [0.5, 0.6) is 0 Å². The van der Waals surface area contributed by atoms with Crippen LogP contribution in [-0.4, -0.2) is 21.5 Å². The van der Waals surface area contributed by atoms with Crippen LogP contribution in [0.25, 0.3) is 0 Å². The predicted octanol–water partition coefficient (Wildman–Crippen LogP) is 5.21. The number of allylic oxidation sites excluding steroid dienone is 1. The monoisotopic (exact) mass is 300 g/mol. The Labute approximate surface area is 121 Å². The van der Waals surface area contributed by atoms with E-state index in [-0.39, 0.29) is 35.8 Å². The van der Waals surface area contributed by atoms with Gasteiger partial charge < -0.3 is 14.5 Å². The minimum atomic E-state index is -3.94. The minimum absolute atomic E-state index is 0. The van der Waals surface area contributed by atoms with Crippen LogP contribution in [0, 0.1) is 0 Å². The van der Waals surface area contributed by atoms with E-state index in [1.54, 1.807) is 13.8 Å². The van der Waals surface area contributed by atoms with Crippen molar-refractivity contribution in [2.75, 3.05) is 0 Å². The van der Waals surface area contributed by atoms with Gasteiger partial charge in [0, 0.05) is 0 Å². The fourth-order valence-electron chi connectivity index (χ4n) is 1.44. The number of hydrogen-bond donors (Lipinski definition) is 2. The summed E-state index contributed by atoms with van der Waals surface area (Å²) >= 11 is 0. The summed E-state index contributed by atoms with van der Waals surface area (Å²) in [5.41, 5.74) is -0.548. The van der Waals surface area contributed by atoms with Crippen LogP contribution in [-0.2, 0) is 9.30 Å². The van der Waals surface area contributed by atoms with Crippen molar-refractivity contribution in [3.63, 3.8) is 0 Å². The standard InChI is InChI=1S/C10H21O4P.4CH4/c1-5-10(15(11,12)13)7-6-9(4)14-8(2)3;;;;/h9-10H,2,5-7H2,1,3-4H3,(H2,11,12,13);4*1H4. The molecule has 0 heterocycles. The summed E-state index contributed by atoms with van der Waals surface area (Å²) in [6, 6.07) is 0. The van der Waals surface area contributed by atoms with E-state index in [0.29, 0.717) is 25.0 Å². The highest BCUT2D eigenvalue weighted by Gasteiger charge is 2.26. The summed E-state index contributed by atoms with van der Waals surface area (Å²) in [6.07, 6.45) is 1.57. The lowest BCUT2D eigenvalue weighted by Gasteiger charge is -2.19. The smallest absolute Gasteiger partial charge is 0.328 e. The second-order valence-electron chi connectivity index (χ2n) is 3.86. The van der Waals surface area contributed by atoms with Gasteiger partial charge in [0.25, 0.3) is 0 Å². The van der Waals surface area contributed by atoms with Crippen LogP contribution in [0.4, 0.5) is 0 Å². The second-order valence-corrected chi connectivity index (χ2v) is 5.77. The Balaban J connectivity index is -0.000000163. The molecule has 0 bridgehead atoms. The molecular formula is C14H37O4P. The van der Waals surface area contributed by atoms with Crippen LogP contribution in [0.3, 0.4) is 0 Å². The lowest BCUT2D eigenvalue weighted by Crippen LogP contribution is -2.13. The highest BCUT2D eigenvalue weighted by atomic mass is 31.2. The van der Waals surface area contributed by atoms with Crippen molar-refractivity contribution in [2.45, 2.75) is 81.5 Å². The minimum Gasteiger partial charge on any atom is -0.496 e. The molecule has 2 atom stereocenters. The Morgan fingerprint density at radius 2 is 1.63 bits per heavy atom. The second kappa shape index (κ2) is 14.1. The van der Waals surface area contributed by atoms with Gasteiger partial charge in [-0.1, -0.05) is 43.2 Å². The molecule has 0 aliphatic rings. The Morgan fingerprint density at radius 3 is 1.89 bits per heavy atom. The van der Waals surface area contributed by atoms with Crippen LogP contribution < -0.4 is 0 Å². The average molecular weight is 300 g/mol. The molecule has 0 saturated heterocycles. The molecule has 2 N–H and O–H groups in total. The molecule has 0 aromatic heterocycles. The van der Waals surface area contributed by atoms with E-state index < -0.39 is 13.3 Å². The van der Waals surface area contributed by atoms with E-state index in [9.17, 15) is 4.57 Å². The van der Waals surface area contributed by atoms with E-state index in [4.69, 9.17) is 14.5 Å². The zero-order chi connectivity index (χ0) is 12.1. The van der Waals surface area contributed by atoms with Crippen LogP contribution in [0.15, 0.2) is 12.3 Å². The number of ether oxygens (including phenoxy) is 1. The summed E-state index contributed by atoms with van der Waals surface area (Å²) in [5.74, 6) is 0.631. The van der Waals surface area contributed by atoms with Crippen LogP contribution >= 0.6 is 7.60 Å². The van der Waals surface area contributed by atoms with Crippen LogP contribution in [0.2, 0.25) is 0 Å². The van der Waals surface area contributed by atoms with E-state index in [1.807, 2.05) is 6.92 Å². The Kier molecular flexibility index (Phi) is 23.2. The van der Waals surface area contributed by atoms with Gasteiger partial charge >= 0.3 is 7.60 Å². The maximum Gasteiger partial charge on any atom is 0.328 e. The maximum atomic E-state index is 11.0. The van der Waals surface area contributed by atoms with Crippen molar-refractivity contribution >= 4 is 7.60 Å². The highest BCUT2D eigenvalue weighted by Crippen LogP contribution is 2.45. The van der Waals surface area contributed by atoms with E-state index in [2.05, 4.69) is 6.58 Å². The lowest BCUT2D eigenvalue weighted by atomic mass is 10.1. The first-order chi connectivity index (χ1) is 6.77. The van der Waals surface area contributed by atoms with Gasteiger partial charge in [-0.05, 0) is 33.1 Å². The molecule has 0 amide bonds. The fraction of sp³-hybridized carbons (Fsp3) is 0.857. The van der Waals surface area contributed by atoms with Crippen molar-refractivity contribution in [1.82, 2.24) is 0 Å². The zero-order valence-corrected chi connectivity index (χ0v) is 10.5. The molecule has 0 aliphatic carbocycles. The molecule has 0 aromatic rings. The van der Waals surface area contributed by atoms with Gasteiger partial charge in [-0.15, -0.1) is 0 Å². The molecule has 0 radical (unpaired) electrons. The average Bonchev–Trinajstić information content (AvgIpc) is 2.01. The molecule has 0 spiro atoms. The first-order valence-corrected chi connectivity index (χ1v) is 6.82. The van der Waals surface area contributed by atoms with Gasteiger partial charge in [-0.3, -0.25) is 4.57 Å². The molecule has 0 aliphatic heterocycles. The third-order valence-electron chi connectivity index (χ3n) is 2.26. The SMILES string of the molecule is C.C.C.C.C=C(C)OC(C)CCC(CC)P(=O)(O)O. The maximum absolute atomic E-state index is 11.0. The van der Waals surface area contributed by atoms with Crippen LogP contribution in [0.1, 0.15) is 69.7 Å². The summed E-state index contributed by atoms with van der Waals surface area (Å²) in [4.78, 5) is 18.0. The Hall–Kier alpha value is -0.310. The molecule has 19 heavy (non-hydrogen) atoms. The third-order valence-corrected chi connectivity index (χ3v) is 3.83. The predicted molar refractivity (Wildman–Crippen MR) is 87.6 cm³/mol.